The van der Waals surface area contributed by atoms with Gasteiger partial charge in [-0.05, 0) is 48.6 Å². The van der Waals surface area contributed by atoms with Gasteiger partial charge >= 0.3 is 0 Å². The number of nitrogens with one attached hydrogen (secondary N) is 1. The Morgan fingerprint density at radius 3 is 2.60 bits per heavy atom. The number of para-hydroxylation sites is 1. The van der Waals surface area contributed by atoms with Crippen LogP contribution in [-0.4, -0.2) is 13.6 Å². The van der Waals surface area contributed by atoms with E-state index in [9.17, 15) is 8.42 Å². The van der Waals surface area contributed by atoms with E-state index in [4.69, 9.17) is 16.1 Å². The van der Waals surface area contributed by atoms with E-state index >= 15 is 0 Å². The van der Waals surface area contributed by atoms with E-state index in [1.165, 1.54) is 0 Å². The molecular formula is C18H17ClN2O3S. The quantitative estimate of drug-likeness (QED) is 0.704. The summed E-state index contributed by atoms with van der Waals surface area (Å²) in [6, 6.07) is 14.3. The van der Waals surface area contributed by atoms with Crippen LogP contribution < -0.4 is 4.72 Å². The molecule has 1 atom stereocenters. The normalized spacial score (nSPS) is 16.2. The number of sulfonamides is 1. The summed E-state index contributed by atoms with van der Waals surface area (Å²) in [7, 11) is -3.56. The molecule has 1 heterocycles. The number of aromatic nitrogens is 1. The predicted molar refractivity (Wildman–Crippen MR) is 96.7 cm³/mol. The van der Waals surface area contributed by atoms with E-state index in [1.54, 1.807) is 18.2 Å². The predicted octanol–water partition coefficient (Wildman–Crippen LogP) is 4.05. The Bertz CT molecular complexity index is 995. The minimum absolute atomic E-state index is 0.208. The maximum absolute atomic E-state index is 12.7. The zero-order valence-electron chi connectivity index (χ0n) is 13.4. The first kappa shape index (κ1) is 16.6. The van der Waals surface area contributed by atoms with Crippen LogP contribution in [0.4, 0.5) is 0 Å². The molecule has 1 unspecified atom stereocenters. The summed E-state index contributed by atoms with van der Waals surface area (Å²) in [6.45, 7) is 0. The fourth-order valence-electron chi connectivity index (χ4n) is 2.99. The van der Waals surface area contributed by atoms with Gasteiger partial charge < -0.3 is 4.52 Å². The van der Waals surface area contributed by atoms with Crippen LogP contribution in [0.1, 0.15) is 30.1 Å². The Kier molecular flexibility index (Phi) is 4.27. The molecule has 1 aliphatic carbocycles. The zero-order valence-corrected chi connectivity index (χ0v) is 14.9. The van der Waals surface area contributed by atoms with Crippen molar-refractivity contribution in [3.8, 4) is 0 Å². The van der Waals surface area contributed by atoms with Gasteiger partial charge in [-0.25, -0.2) is 13.1 Å². The van der Waals surface area contributed by atoms with Crippen LogP contribution in [-0.2, 0) is 15.8 Å². The van der Waals surface area contributed by atoms with Crippen LogP contribution in [0.5, 0.6) is 0 Å². The molecule has 4 rings (SSSR count). The summed E-state index contributed by atoms with van der Waals surface area (Å²) < 4.78 is 33.5. The van der Waals surface area contributed by atoms with Crippen LogP contribution in [0.25, 0.3) is 11.0 Å². The fourth-order valence-corrected chi connectivity index (χ4v) is 4.49. The summed E-state index contributed by atoms with van der Waals surface area (Å²) >= 11 is 5.94. The van der Waals surface area contributed by atoms with E-state index in [0.717, 1.165) is 23.8 Å². The molecule has 1 aromatic heterocycles. The van der Waals surface area contributed by atoms with E-state index in [0.29, 0.717) is 22.2 Å². The molecule has 0 spiro atoms. The van der Waals surface area contributed by atoms with Crippen molar-refractivity contribution in [3.63, 3.8) is 0 Å². The maximum Gasteiger partial charge on any atom is 0.218 e. The average molecular weight is 377 g/mol. The second kappa shape index (κ2) is 6.44. The molecule has 5 nitrogen and oxygen atoms in total. The zero-order chi connectivity index (χ0) is 17.4. The molecule has 25 heavy (non-hydrogen) atoms. The molecular weight excluding hydrogens is 360 g/mol. The topological polar surface area (TPSA) is 72.2 Å². The molecule has 0 radical (unpaired) electrons. The minimum Gasteiger partial charge on any atom is -0.356 e. The highest BCUT2D eigenvalue weighted by Gasteiger charge is 2.35. The first-order chi connectivity index (χ1) is 12.0. The molecule has 1 aliphatic rings. The lowest BCUT2D eigenvalue weighted by Gasteiger charge is -2.18. The highest BCUT2D eigenvalue weighted by molar-refractivity contribution is 7.88. The molecule has 1 N–H and O–H groups in total. The van der Waals surface area contributed by atoms with E-state index in [-0.39, 0.29) is 11.8 Å². The van der Waals surface area contributed by atoms with Crippen molar-refractivity contribution >= 4 is 32.6 Å². The SMILES string of the molecule is O=S(=O)(Cc1noc2ccccc12)NC(c1ccc(Cl)cc1)C1CC1. The molecule has 7 heteroatoms. The average Bonchev–Trinajstić information content (AvgIpc) is 3.36. The van der Waals surface area contributed by atoms with Gasteiger partial charge in [0.15, 0.2) is 5.58 Å². The number of benzene rings is 2. The molecule has 2 aromatic carbocycles. The van der Waals surface area contributed by atoms with Crippen molar-refractivity contribution in [2.45, 2.75) is 24.6 Å². The van der Waals surface area contributed by atoms with Crippen molar-refractivity contribution in [1.29, 1.82) is 0 Å². The molecule has 1 saturated carbocycles. The first-order valence-electron chi connectivity index (χ1n) is 8.10. The van der Waals surface area contributed by atoms with Crippen LogP contribution in [0.15, 0.2) is 53.1 Å². The standard InChI is InChI=1S/C18H17ClN2O3S/c19-14-9-7-13(8-10-14)18(12-5-6-12)21-25(22,23)11-16-15-3-1-2-4-17(15)24-20-16/h1-4,7-10,12,18,21H,5-6,11H2. The van der Waals surface area contributed by atoms with Crippen LogP contribution in [0, 0.1) is 5.92 Å². The molecule has 3 aromatic rings. The smallest absolute Gasteiger partial charge is 0.218 e. The van der Waals surface area contributed by atoms with Crippen molar-refractivity contribution in [3.05, 3.63) is 64.8 Å². The third-order valence-corrected chi connectivity index (χ3v) is 5.93. The van der Waals surface area contributed by atoms with Gasteiger partial charge in [0.2, 0.25) is 10.0 Å². The maximum atomic E-state index is 12.7. The summed E-state index contributed by atoms with van der Waals surface area (Å²) in [5.41, 5.74) is 1.94. The Labute approximate surface area is 151 Å². The Hall–Kier alpha value is -1.89. The highest BCUT2D eigenvalue weighted by atomic mass is 35.5. The van der Waals surface area contributed by atoms with Crippen LogP contribution >= 0.6 is 11.6 Å². The minimum atomic E-state index is -3.56. The monoisotopic (exact) mass is 376 g/mol. The van der Waals surface area contributed by atoms with Gasteiger partial charge in [-0.15, -0.1) is 0 Å². The molecule has 0 saturated heterocycles. The molecule has 1 fully saturated rings. The molecule has 0 aliphatic heterocycles. The van der Waals surface area contributed by atoms with Gasteiger partial charge in [0.25, 0.3) is 0 Å². The summed E-state index contributed by atoms with van der Waals surface area (Å²) in [6.07, 6.45) is 2.03. The third kappa shape index (κ3) is 3.71. The van der Waals surface area contributed by atoms with Gasteiger partial charge in [0.1, 0.15) is 11.4 Å². The number of fused-ring (bicyclic) bond motifs is 1. The van der Waals surface area contributed by atoms with E-state index in [2.05, 4.69) is 9.88 Å². The lowest BCUT2D eigenvalue weighted by atomic mass is 10.0. The van der Waals surface area contributed by atoms with Crippen molar-refractivity contribution in [2.75, 3.05) is 0 Å². The molecule has 0 amide bonds. The number of hydrogen-bond donors (Lipinski definition) is 1. The second-order valence-corrected chi connectivity index (χ2v) is 8.56. The largest absolute Gasteiger partial charge is 0.356 e. The molecule has 130 valence electrons. The Balaban J connectivity index is 1.58. The van der Waals surface area contributed by atoms with E-state index in [1.807, 2.05) is 30.3 Å². The summed E-state index contributed by atoms with van der Waals surface area (Å²) in [5, 5.41) is 5.28. The van der Waals surface area contributed by atoms with Gasteiger partial charge in [-0.3, -0.25) is 0 Å². The van der Waals surface area contributed by atoms with Gasteiger partial charge in [-0.1, -0.05) is 41.0 Å². The lowest BCUT2D eigenvalue weighted by molar-refractivity contribution is 0.448. The third-order valence-electron chi connectivity index (χ3n) is 4.41. The van der Waals surface area contributed by atoms with Crippen molar-refractivity contribution < 1.29 is 12.9 Å². The highest BCUT2D eigenvalue weighted by Crippen LogP contribution is 2.41. The van der Waals surface area contributed by atoms with Crippen molar-refractivity contribution in [1.82, 2.24) is 9.88 Å². The number of rotatable bonds is 6. The van der Waals surface area contributed by atoms with Crippen LogP contribution in [0.3, 0.4) is 0 Å². The van der Waals surface area contributed by atoms with E-state index < -0.39 is 10.0 Å². The summed E-state index contributed by atoms with van der Waals surface area (Å²) in [5.74, 6) is 0.117. The lowest BCUT2D eigenvalue weighted by Crippen LogP contribution is -2.31. The second-order valence-electron chi connectivity index (χ2n) is 6.37. The Morgan fingerprint density at radius 1 is 1.16 bits per heavy atom. The first-order valence-corrected chi connectivity index (χ1v) is 10.1. The fraction of sp³-hybridized carbons (Fsp3) is 0.278. The van der Waals surface area contributed by atoms with Crippen LogP contribution in [0.2, 0.25) is 5.02 Å². The van der Waals surface area contributed by atoms with Gasteiger partial charge in [0.05, 0.1) is 0 Å². The number of nitrogens with zero attached hydrogens (tertiary/aromatic N) is 1. The Morgan fingerprint density at radius 2 is 1.88 bits per heavy atom. The number of hydrogen-bond acceptors (Lipinski definition) is 4. The van der Waals surface area contributed by atoms with Crippen molar-refractivity contribution in [2.24, 2.45) is 5.92 Å². The van der Waals surface area contributed by atoms with Gasteiger partial charge in [-0.2, -0.15) is 0 Å². The molecule has 0 bridgehead atoms. The van der Waals surface area contributed by atoms with Gasteiger partial charge in [0, 0.05) is 16.5 Å². The number of halogens is 1. The summed E-state index contributed by atoms with van der Waals surface area (Å²) in [4.78, 5) is 0.